The Labute approximate surface area is 129 Å². The van der Waals surface area contributed by atoms with Gasteiger partial charge in [0.15, 0.2) is 0 Å². The Morgan fingerprint density at radius 2 is 1.77 bits per heavy atom. The van der Waals surface area contributed by atoms with Gasteiger partial charge in [0.05, 0.1) is 24.8 Å². The zero-order valence-electron chi connectivity index (χ0n) is 12.7. The summed E-state index contributed by atoms with van der Waals surface area (Å²) < 4.78 is 5.15. The maximum atomic E-state index is 12.0. The third kappa shape index (κ3) is 3.96. The summed E-state index contributed by atoms with van der Waals surface area (Å²) in [5, 5.41) is 23.3. The lowest BCUT2D eigenvalue weighted by atomic mass is 9.92. The third-order valence-corrected chi connectivity index (χ3v) is 3.58. The lowest BCUT2D eigenvalue weighted by Crippen LogP contribution is -2.40. The highest BCUT2D eigenvalue weighted by atomic mass is 16.4. The van der Waals surface area contributed by atoms with Gasteiger partial charge in [-0.25, -0.2) is 0 Å². The monoisotopic (exact) mass is 303 g/mol. The summed E-state index contributed by atoms with van der Waals surface area (Å²) in [7, 11) is 0. The molecule has 2 unspecified atom stereocenters. The second kappa shape index (κ2) is 6.34. The summed E-state index contributed by atoms with van der Waals surface area (Å²) in [5.41, 5.74) is -1.89. The van der Waals surface area contributed by atoms with Gasteiger partial charge in [0.25, 0.3) is 0 Å². The molecule has 0 aliphatic carbocycles. The minimum atomic E-state index is -1.29. The molecule has 0 fully saturated rings. The third-order valence-electron chi connectivity index (χ3n) is 3.58. The highest BCUT2D eigenvalue weighted by Gasteiger charge is 2.30. The van der Waals surface area contributed by atoms with Crippen LogP contribution in [-0.2, 0) is 16.0 Å². The fourth-order valence-corrected chi connectivity index (χ4v) is 2.22. The molecular formula is C17H21NO4. The molecule has 0 aliphatic heterocycles. The lowest BCUT2D eigenvalue weighted by molar-refractivity contribution is -0.127. The van der Waals surface area contributed by atoms with Crippen LogP contribution in [0.4, 0.5) is 0 Å². The molecule has 0 bridgehead atoms. The molecule has 0 aliphatic rings. The van der Waals surface area contributed by atoms with Crippen molar-refractivity contribution in [1.29, 1.82) is 0 Å². The first-order valence-corrected chi connectivity index (χ1v) is 7.12. The summed E-state index contributed by atoms with van der Waals surface area (Å²) in [6.07, 6.45) is 1.37. The van der Waals surface area contributed by atoms with Crippen LogP contribution in [0.2, 0.25) is 0 Å². The predicted octanol–water partition coefficient (Wildman–Crippen LogP) is 1.90. The van der Waals surface area contributed by atoms with Crippen LogP contribution >= 0.6 is 0 Å². The molecular weight excluding hydrogens is 282 g/mol. The van der Waals surface area contributed by atoms with Crippen LogP contribution in [0.5, 0.6) is 0 Å². The fourth-order valence-electron chi connectivity index (χ4n) is 2.22. The van der Waals surface area contributed by atoms with Gasteiger partial charge < -0.3 is 19.9 Å². The van der Waals surface area contributed by atoms with Crippen LogP contribution in [0.3, 0.4) is 0 Å². The van der Waals surface area contributed by atoms with E-state index in [0.29, 0.717) is 11.3 Å². The SMILES string of the molecule is CC(O)(CC(=O)NCC(C)(O)c1ccco1)c1ccccc1. The molecule has 0 spiro atoms. The summed E-state index contributed by atoms with van der Waals surface area (Å²) in [6.45, 7) is 3.15. The van der Waals surface area contributed by atoms with Gasteiger partial charge in [0.1, 0.15) is 11.4 Å². The number of aliphatic hydroxyl groups is 2. The van der Waals surface area contributed by atoms with Crippen LogP contribution in [0, 0.1) is 0 Å². The van der Waals surface area contributed by atoms with E-state index in [4.69, 9.17) is 4.42 Å². The predicted molar refractivity (Wildman–Crippen MR) is 81.9 cm³/mol. The van der Waals surface area contributed by atoms with E-state index < -0.39 is 11.2 Å². The molecule has 118 valence electrons. The van der Waals surface area contributed by atoms with Crippen LogP contribution < -0.4 is 5.32 Å². The van der Waals surface area contributed by atoms with E-state index in [9.17, 15) is 15.0 Å². The van der Waals surface area contributed by atoms with Crippen molar-refractivity contribution in [2.24, 2.45) is 0 Å². The Balaban J connectivity index is 1.93. The van der Waals surface area contributed by atoms with E-state index >= 15 is 0 Å². The smallest absolute Gasteiger partial charge is 0.223 e. The first kappa shape index (κ1) is 16.3. The molecule has 5 nitrogen and oxygen atoms in total. The molecule has 1 aromatic carbocycles. The van der Waals surface area contributed by atoms with Crippen LogP contribution in [0.25, 0.3) is 0 Å². The van der Waals surface area contributed by atoms with Crippen LogP contribution in [0.1, 0.15) is 31.6 Å². The van der Waals surface area contributed by atoms with Crippen molar-refractivity contribution in [1.82, 2.24) is 5.32 Å². The molecule has 1 aromatic heterocycles. The van der Waals surface area contributed by atoms with E-state index in [1.807, 2.05) is 18.2 Å². The van der Waals surface area contributed by atoms with Gasteiger partial charge in [0, 0.05) is 0 Å². The number of nitrogens with one attached hydrogen (secondary N) is 1. The standard InChI is InChI=1S/C17H21NO4/c1-16(20,13-7-4-3-5-8-13)11-15(19)18-12-17(2,21)14-9-6-10-22-14/h3-10,20-21H,11-12H2,1-2H3,(H,18,19). The quantitative estimate of drug-likeness (QED) is 0.761. The zero-order chi connectivity index (χ0) is 16.2. The average Bonchev–Trinajstić information content (AvgIpc) is 3.01. The Kier molecular flexibility index (Phi) is 4.68. The van der Waals surface area contributed by atoms with E-state index in [1.165, 1.54) is 6.26 Å². The van der Waals surface area contributed by atoms with Crippen molar-refractivity contribution < 1.29 is 19.4 Å². The molecule has 0 radical (unpaired) electrons. The summed E-state index contributed by atoms with van der Waals surface area (Å²) in [4.78, 5) is 12.0. The van der Waals surface area contributed by atoms with Gasteiger partial charge in [-0.15, -0.1) is 0 Å². The van der Waals surface area contributed by atoms with Crippen molar-refractivity contribution in [3.8, 4) is 0 Å². The van der Waals surface area contributed by atoms with E-state index in [0.717, 1.165) is 0 Å². The highest BCUT2D eigenvalue weighted by Crippen LogP contribution is 2.24. The molecule has 0 saturated heterocycles. The first-order valence-electron chi connectivity index (χ1n) is 7.12. The highest BCUT2D eigenvalue weighted by molar-refractivity contribution is 5.77. The molecule has 2 rings (SSSR count). The van der Waals surface area contributed by atoms with Crippen molar-refractivity contribution in [2.75, 3.05) is 6.54 Å². The van der Waals surface area contributed by atoms with Gasteiger partial charge in [0.2, 0.25) is 5.91 Å². The van der Waals surface area contributed by atoms with Crippen LogP contribution in [0.15, 0.2) is 53.1 Å². The Morgan fingerprint density at radius 3 is 2.36 bits per heavy atom. The Hall–Kier alpha value is -2.11. The van der Waals surface area contributed by atoms with Crippen molar-refractivity contribution in [3.63, 3.8) is 0 Å². The van der Waals surface area contributed by atoms with Crippen LogP contribution in [-0.4, -0.2) is 22.7 Å². The number of amides is 1. The molecule has 2 aromatic rings. The second-order valence-electron chi connectivity index (χ2n) is 5.84. The van der Waals surface area contributed by atoms with Gasteiger partial charge in [-0.3, -0.25) is 4.79 Å². The average molecular weight is 303 g/mol. The van der Waals surface area contributed by atoms with E-state index in [2.05, 4.69) is 5.32 Å². The van der Waals surface area contributed by atoms with Gasteiger partial charge in [-0.05, 0) is 31.5 Å². The number of hydrogen-bond acceptors (Lipinski definition) is 4. The van der Waals surface area contributed by atoms with Gasteiger partial charge in [-0.1, -0.05) is 30.3 Å². The Morgan fingerprint density at radius 1 is 1.09 bits per heavy atom. The maximum absolute atomic E-state index is 12.0. The molecule has 1 heterocycles. The number of carbonyl (C=O) groups is 1. The van der Waals surface area contributed by atoms with E-state index in [-0.39, 0.29) is 18.9 Å². The number of furan rings is 1. The van der Waals surface area contributed by atoms with Crippen molar-refractivity contribution in [3.05, 3.63) is 60.1 Å². The molecule has 22 heavy (non-hydrogen) atoms. The molecule has 5 heteroatoms. The van der Waals surface area contributed by atoms with Crippen molar-refractivity contribution in [2.45, 2.75) is 31.5 Å². The minimum absolute atomic E-state index is 0.00418. The lowest BCUT2D eigenvalue weighted by Gasteiger charge is -2.25. The summed E-state index contributed by atoms with van der Waals surface area (Å²) >= 11 is 0. The first-order chi connectivity index (χ1) is 10.3. The number of hydrogen-bond donors (Lipinski definition) is 3. The normalized spacial score (nSPS) is 16.5. The largest absolute Gasteiger partial charge is 0.466 e. The maximum Gasteiger partial charge on any atom is 0.223 e. The fraction of sp³-hybridized carbons (Fsp3) is 0.353. The number of carbonyl (C=O) groups excluding carboxylic acids is 1. The van der Waals surface area contributed by atoms with Gasteiger partial charge >= 0.3 is 0 Å². The molecule has 1 amide bonds. The Bertz CT molecular complexity index is 603. The van der Waals surface area contributed by atoms with Gasteiger partial charge in [-0.2, -0.15) is 0 Å². The molecule has 0 saturated carbocycles. The number of benzene rings is 1. The van der Waals surface area contributed by atoms with E-state index in [1.54, 1.807) is 38.1 Å². The zero-order valence-corrected chi connectivity index (χ0v) is 12.7. The second-order valence-corrected chi connectivity index (χ2v) is 5.84. The summed E-state index contributed by atoms with van der Waals surface area (Å²) in [6, 6.07) is 12.3. The topological polar surface area (TPSA) is 82.7 Å². The summed E-state index contributed by atoms with van der Waals surface area (Å²) in [5.74, 6) is 0.0308. The van der Waals surface area contributed by atoms with Crippen molar-refractivity contribution >= 4 is 5.91 Å². The number of rotatable bonds is 6. The minimum Gasteiger partial charge on any atom is -0.466 e. The molecule has 2 atom stereocenters. The molecule has 3 N–H and O–H groups in total.